The second kappa shape index (κ2) is 7.37. The van der Waals surface area contributed by atoms with E-state index in [4.69, 9.17) is 15.2 Å². The van der Waals surface area contributed by atoms with Gasteiger partial charge in [0.25, 0.3) is 0 Å². The first-order chi connectivity index (χ1) is 11.8. The van der Waals surface area contributed by atoms with Crippen molar-refractivity contribution < 1.29 is 9.47 Å². The highest BCUT2D eigenvalue weighted by molar-refractivity contribution is 5.85. The molecule has 3 rings (SSSR count). The van der Waals surface area contributed by atoms with Crippen molar-refractivity contribution in [2.45, 2.75) is 12.3 Å². The zero-order chi connectivity index (χ0) is 16.9. The van der Waals surface area contributed by atoms with Crippen molar-refractivity contribution in [2.75, 3.05) is 20.8 Å². The molecule has 1 unspecified atom stereocenters. The largest absolute Gasteiger partial charge is 0.493 e. The van der Waals surface area contributed by atoms with E-state index in [-0.39, 0.29) is 5.92 Å². The third kappa shape index (κ3) is 3.22. The predicted molar refractivity (Wildman–Crippen MR) is 99.0 cm³/mol. The predicted octanol–water partition coefficient (Wildman–Crippen LogP) is 4.14. The fraction of sp³-hybridized carbons (Fsp3) is 0.238. The molecule has 24 heavy (non-hydrogen) atoms. The Hall–Kier alpha value is -2.52. The normalized spacial score (nSPS) is 12.1. The molecule has 3 aromatic rings. The average molecular weight is 321 g/mol. The van der Waals surface area contributed by atoms with Gasteiger partial charge in [-0.3, -0.25) is 0 Å². The van der Waals surface area contributed by atoms with Crippen LogP contribution in [-0.4, -0.2) is 20.8 Å². The maximum Gasteiger partial charge on any atom is 0.160 e. The first-order valence-electron chi connectivity index (χ1n) is 8.15. The van der Waals surface area contributed by atoms with Gasteiger partial charge in [0.2, 0.25) is 0 Å². The lowest BCUT2D eigenvalue weighted by Gasteiger charge is -2.18. The van der Waals surface area contributed by atoms with E-state index in [2.05, 4.69) is 48.5 Å². The quantitative estimate of drug-likeness (QED) is 0.742. The molecule has 2 N–H and O–H groups in total. The molecule has 1 atom stereocenters. The van der Waals surface area contributed by atoms with Crippen LogP contribution in [0.3, 0.4) is 0 Å². The Bertz CT molecular complexity index is 824. The van der Waals surface area contributed by atoms with Gasteiger partial charge < -0.3 is 15.2 Å². The summed E-state index contributed by atoms with van der Waals surface area (Å²) in [5, 5.41) is 2.55. The molecule has 0 aromatic heterocycles. The lowest BCUT2D eigenvalue weighted by molar-refractivity contribution is 0.354. The van der Waals surface area contributed by atoms with Gasteiger partial charge in [-0.15, -0.1) is 0 Å². The van der Waals surface area contributed by atoms with E-state index in [1.807, 2.05) is 12.1 Å². The molecule has 3 heteroatoms. The number of benzene rings is 3. The highest BCUT2D eigenvalue weighted by Gasteiger charge is 2.15. The number of hydrogen-bond donors (Lipinski definition) is 1. The van der Waals surface area contributed by atoms with Crippen LogP contribution in [0.15, 0.2) is 60.7 Å². The van der Waals surface area contributed by atoms with Crippen LogP contribution in [0.2, 0.25) is 0 Å². The van der Waals surface area contributed by atoms with Crippen molar-refractivity contribution in [3.05, 3.63) is 71.8 Å². The van der Waals surface area contributed by atoms with Gasteiger partial charge in [0.05, 0.1) is 14.2 Å². The molecule has 0 heterocycles. The minimum Gasteiger partial charge on any atom is -0.493 e. The summed E-state index contributed by atoms with van der Waals surface area (Å²) in [6.07, 6.45) is 0.896. The zero-order valence-corrected chi connectivity index (χ0v) is 14.2. The topological polar surface area (TPSA) is 44.5 Å². The van der Waals surface area contributed by atoms with Gasteiger partial charge in [0.15, 0.2) is 11.5 Å². The number of rotatable bonds is 6. The van der Waals surface area contributed by atoms with Crippen molar-refractivity contribution in [1.82, 2.24) is 0 Å². The number of fused-ring (bicyclic) bond motifs is 1. The molecular formula is C21H23NO2. The Morgan fingerprint density at radius 2 is 1.62 bits per heavy atom. The summed E-state index contributed by atoms with van der Waals surface area (Å²) in [6.45, 7) is 0.582. The van der Waals surface area contributed by atoms with E-state index in [0.29, 0.717) is 6.54 Å². The number of methoxy groups -OCH3 is 2. The Kier molecular flexibility index (Phi) is 5.02. The second-order valence-corrected chi connectivity index (χ2v) is 5.89. The minimum atomic E-state index is 0.232. The average Bonchev–Trinajstić information content (AvgIpc) is 2.65. The van der Waals surface area contributed by atoms with Crippen molar-refractivity contribution >= 4 is 10.8 Å². The van der Waals surface area contributed by atoms with Gasteiger partial charge in [-0.1, -0.05) is 48.5 Å². The Labute approximate surface area is 143 Å². The minimum absolute atomic E-state index is 0.232. The molecule has 0 bridgehead atoms. The van der Waals surface area contributed by atoms with Gasteiger partial charge in [-0.25, -0.2) is 0 Å². The number of hydrogen-bond acceptors (Lipinski definition) is 3. The molecule has 3 nitrogen and oxygen atoms in total. The monoisotopic (exact) mass is 321 g/mol. The third-order valence-electron chi connectivity index (χ3n) is 4.51. The first kappa shape index (κ1) is 16.3. The van der Waals surface area contributed by atoms with Crippen LogP contribution in [0, 0.1) is 0 Å². The Morgan fingerprint density at radius 1 is 0.875 bits per heavy atom. The van der Waals surface area contributed by atoms with E-state index in [9.17, 15) is 0 Å². The SMILES string of the molecule is COc1ccc(C(CN)Cc2cccc3ccccc23)cc1OC. The van der Waals surface area contributed by atoms with Crippen LogP contribution in [0.1, 0.15) is 17.0 Å². The van der Waals surface area contributed by atoms with Crippen LogP contribution < -0.4 is 15.2 Å². The zero-order valence-electron chi connectivity index (χ0n) is 14.2. The summed E-state index contributed by atoms with van der Waals surface area (Å²) < 4.78 is 10.8. The molecule has 0 saturated carbocycles. The van der Waals surface area contributed by atoms with Gasteiger partial charge >= 0.3 is 0 Å². The fourth-order valence-corrected chi connectivity index (χ4v) is 3.18. The highest BCUT2D eigenvalue weighted by Crippen LogP contribution is 2.32. The summed E-state index contributed by atoms with van der Waals surface area (Å²) in [5.41, 5.74) is 8.57. The molecule has 0 amide bonds. The smallest absolute Gasteiger partial charge is 0.160 e. The maximum absolute atomic E-state index is 6.09. The summed E-state index contributed by atoms with van der Waals surface area (Å²) in [6, 6.07) is 21.0. The number of ether oxygens (including phenoxy) is 2. The number of nitrogens with two attached hydrogens (primary N) is 1. The van der Waals surface area contributed by atoms with Gasteiger partial charge in [0.1, 0.15) is 0 Å². The molecule has 124 valence electrons. The van der Waals surface area contributed by atoms with Crippen LogP contribution in [-0.2, 0) is 6.42 Å². The van der Waals surface area contributed by atoms with Gasteiger partial charge in [-0.2, -0.15) is 0 Å². The van der Waals surface area contributed by atoms with Gasteiger partial charge in [0, 0.05) is 5.92 Å². The second-order valence-electron chi connectivity index (χ2n) is 5.89. The van der Waals surface area contributed by atoms with E-state index < -0.39 is 0 Å². The summed E-state index contributed by atoms with van der Waals surface area (Å²) in [7, 11) is 3.30. The molecule has 0 saturated heterocycles. The molecular weight excluding hydrogens is 298 g/mol. The molecule has 0 radical (unpaired) electrons. The maximum atomic E-state index is 6.09. The van der Waals surface area contributed by atoms with Gasteiger partial charge in [-0.05, 0) is 47.0 Å². The van der Waals surface area contributed by atoms with Crippen LogP contribution in [0.25, 0.3) is 10.8 Å². The standard InChI is InChI=1S/C21H23NO2/c1-23-20-11-10-16(13-21(20)24-2)18(14-22)12-17-8-5-7-15-6-3-4-9-19(15)17/h3-11,13,18H,12,14,22H2,1-2H3. The highest BCUT2D eigenvalue weighted by atomic mass is 16.5. The van der Waals surface area contributed by atoms with Crippen LogP contribution in [0.4, 0.5) is 0 Å². The van der Waals surface area contributed by atoms with E-state index in [1.54, 1.807) is 14.2 Å². The van der Waals surface area contributed by atoms with Crippen molar-refractivity contribution in [2.24, 2.45) is 5.73 Å². The van der Waals surface area contributed by atoms with E-state index in [0.717, 1.165) is 17.9 Å². The Morgan fingerprint density at radius 3 is 2.38 bits per heavy atom. The molecule has 0 aliphatic heterocycles. The first-order valence-corrected chi connectivity index (χ1v) is 8.15. The van der Waals surface area contributed by atoms with Crippen molar-refractivity contribution in [3.8, 4) is 11.5 Å². The fourth-order valence-electron chi connectivity index (χ4n) is 3.18. The summed E-state index contributed by atoms with van der Waals surface area (Å²) >= 11 is 0. The summed E-state index contributed by atoms with van der Waals surface area (Å²) in [5.74, 6) is 1.71. The van der Waals surface area contributed by atoms with Crippen LogP contribution >= 0.6 is 0 Å². The van der Waals surface area contributed by atoms with E-state index >= 15 is 0 Å². The molecule has 0 aliphatic rings. The van der Waals surface area contributed by atoms with Crippen LogP contribution in [0.5, 0.6) is 11.5 Å². The summed E-state index contributed by atoms with van der Waals surface area (Å²) in [4.78, 5) is 0. The lowest BCUT2D eigenvalue weighted by atomic mass is 9.89. The molecule has 0 spiro atoms. The Balaban J connectivity index is 1.94. The molecule has 3 aromatic carbocycles. The molecule has 0 aliphatic carbocycles. The third-order valence-corrected chi connectivity index (χ3v) is 4.51. The molecule has 0 fully saturated rings. The van der Waals surface area contributed by atoms with Crippen molar-refractivity contribution in [1.29, 1.82) is 0 Å². The van der Waals surface area contributed by atoms with Crippen molar-refractivity contribution in [3.63, 3.8) is 0 Å². The lowest BCUT2D eigenvalue weighted by Crippen LogP contribution is -2.15. The van der Waals surface area contributed by atoms with E-state index in [1.165, 1.54) is 21.9 Å².